The molecule has 0 saturated heterocycles. The summed E-state index contributed by atoms with van der Waals surface area (Å²) in [6, 6.07) is 0. The SMILES string of the molecule is CCCCC/C=C\CCCCCCCC(=O)OCC(COC(=O)CCCCCCCCC/C=C\CCCCCC)OC(=O)CC/C=C\C/C=C\CCCCCCCC. The maximum atomic E-state index is 12.7. The van der Waals surface area contributed by atoms with Crippen molar-refractivity contribution in [2.24, 2.45) is 0 Å². The van der Waals surface area contributed by atoms with Gasteiger partial charge in [-0.1, -0.05) is 185 Å². The number of hydrogen-bond donors (Lipinski definition) is 0. The van der Waals surface area contributed by atoms with Crippen molar-refractivity contribution in [2.45, 2.75) is 252 Å². The molecule has 58 heavy (non-hydrogen) atoms. The van der Waals surface area contributed by atoms with Crippen molar-refractivity contribution in [3.8, 4) is 0 Å². The summed E-state index contributed by atoms with van der Waals surface area (Å²) >= 11 is 0. The lowest BCUT2D eigenvalue weighted by Crippen LogP contribution is -2.30. The summed E-state index contributed by atoms with van der Waals surface area (Å²) in [4.78, 5) is 37.8. The quantitative estimate of drug-likeness (QED) is 0.0264. The summed E-state index contributed by atoms with van der Waals surface area (Å²) in [6.07, 6.45) is 55.3. The molecule has 0 heterocycles. The highest BCUT2D eigenvalue weighted by atomic mass is 16.6. The molecule has 0 aliphatic carbocycles. The van der Waals surface area contributed by atoms with Gasteiger partial charge in [0.05, 0.1) is 0 Å². The predicted octanol–water partition coefficient (Wildman–Crippen LogP) is 15.9. The fourth-order valence-electron chi connectivity index (χ4n) is 6.78. The molecule has 0 aromatic heterocycles. The summed E-state index contributed by atoms with van der Waals surface area (Å²) in [5, 5.41) is 0. The van der Waals surface area contributed by atoms with Gasteiger partial charge in [-0.05, 0) is 89.9 Å². The number of ether oxygens (including phenoxy) is 3. The van der Waals surface area contributed by atoms with Gasteiger partial charge in [-0.3, -0.25) is 14.4 Å². The second-order valence-electron chi connectivity index (χ2n) is 16.4. The van der Waals surface area contributed by atoms with E-state index in [0.29, 0.717) is 19.3 Å². The minimum absolute atomic E-state index is 0.0999. The topological polar surface area (TPSA) is 78.9 Å². The summed E-state index contributed by atoms with van der Waals surface area (Å²) in [7, 11) is 0. The van der Waals surface area contributed by atoms with E-state index in [-0.39, 0.29) is 37.5 Å². The summed E-state index contributed by atoms with van der Waals surface area (Å²) in [5.74, 6) is -0.980. The molecule has 0 aromatic carbocycles. The zero-order valence-corrected chi connectivity index (χ0v) is 38.3. The molecule has 0 amide bonds. The highest BCUT2D eigenvalue weighted by molar-refractivity contribution is 5.71. The van der Waals surface area contributed by atoms with E-state index < -0.39 is 6.10 Å². The molecule has 0 aliphatic rings. The largest absolute Gasteiger partial charge is 0.462 e. The Balaban J connectivity index is 4.44. The van der Waals surface area contributed by atoms with Crippen molar-refractivity contribution in [1.29, 1.82) is 0 Å². The van der Waals surface area contributed by atoms with Crippen LogP contribution in [-0.2, 0) is 28.6 Å². The Kier molecular flexibility index (Phi) is 44.9. The lowest BCUT2D eigenvalue weighted by atomic mass is 10.1. The minimum Gasteiger partial charge on any atom is -0.462 e. The Morgan fingerprint density at radius 2 is 0.655 bits per heavy atom. The van der Waals surface area contributed by atoms with Gasteiger partial charge in [-0.2, -0.15) is 0 Å². The van der Waals surface area contributed by atoms with Gasteiger partial charge < -0.3 is 14.2 Å². The summed E-state index contributed by atoms with van der Waals surface area (Å²) in [5.41, 5.74) is 0. The fraction of sp³-hybridized carbons (Fsp3) is 0.788. The first-order chi connectivity index (χ1) is 28.5. The van der Waals surface area contributed by atoms with E-state index in [9.17, 15) is 14.4 Å². The number of unbranched alkanes of at least 4 members (excludes halogenated alkanes) is 25. The van der Waals surface area contributed by atoms with E-state index in [1.165, 1.54) is 141 Å². The summed E-state index contributed by atoms with van der Waals surface area (Å²) < 4.78 is 16.7. The molecule has 0 fully saturated rings. The van der Waals surface area contributed by atoms with Gasteiger partial charge in [0.15, 0.2) is 6.10 Å². The maximum Gasteiger partial charge on any atom is 0.306 e. The Bertz CT molecular complexity index is 1030. The Hall–Kier alpha value is -2.63. The van der Waals surface area contributed by atoms with Gasteiger partial charge in [0.25, 0.3) is 0 Å². The lowest BCUT2D eigenvalue weighted by molar-refractivity contribution is -0.166. The molecule has 0 rings (SSSR count). The molecule has 6 heteroatoms. The van der Waals surface area contributed by atoms with Gasteiger partial charge in [0.2, 0.25) is 0 Å². The third kappa shape index (κ3) is 44.5. The van der Waals surface area contributed by atoms with Crippen molar-refractivity contribution in [3.63, 3.8) is 0 Å². The number of carbonyl (C=O) groups is 3. The second-order valence-corrected chi connectivity index (χ2v) is 16.4. The average molecular weight is 813 g/mol. The second kappa shape index (κ2) is 47.1. The minimum atomic E-state index is -0.805. The van der Waals surface area contributed by atoms with Crippen molar-refractivity contribution in [1.82, 2.24) is 0 Å². The van der Waals surface area contributed by atoms with Gasteiger partial charge in [0.1, 0.15) is 13.2 Å². The van der Waals surface area contributed by atoms with Crippen LogP contribution in [0.5, 0.6) is 0 Å². The normalized spacial score (nSPS) is 12.4. The molecular formula is C52H92O6. The van der Waals surface area contributed by atoms with Crippen LogP contribution in [0.2, 0.25) is 0 Å². The first kappa shape index (κ1) is 55.4. The van der Waals surface area contributed by atoms with E-state index in [4.69, 9.17) is 14.2 Å². The van der Waals surface area contributed by atoms with Crippen molar-refractivity contribution < 1.29 is 28.6 Å². The molecular weight excluding hydrogens is 721 g/mol. The smallest absolute Gasteiger partial charge is 0.306 e. The third-order valence-corrected chi connectivity index (χ3v) is 10.5. The number of esters is 3. The molecule has 0 aliphatic heterocycles. The number of carbonyl (C=O) groups excluding carboxylic acids is 3. The standard InChI is InChI=1S/C52H92O6/c1-4-7-10-13-16-19-22-25-26-28-30-33-36-39-42-45-51(54)57-48-49(47-56-50(53)44-41-38-35-32-29-24-21-18-15-12-9-6-3)58-52(55)46-43-40-37-34-31-27-23-20-17-14-11-8-5-2/h18-19,21-22,27,31,37,40,49H,4-17,20,23-26,28-30,32-36,38-39,41-48H2,1-3H3/b21-18-,22-19-,31-27-,40-37-. The van der Waals surface area contributed by atoms with Crippen LogP contribution in [0.1, 0.15) is 245 Å². The van der Waals surface area contributed by atoms with E-state index in [1.54, 1.807) is 0 Å². The first-order valence-corrected chi connectivity index (χ1v) is 24.6. The maximum absolute atomic E-state index is 12.7. The van der Waals surface area contributed by atoms with E-state index in [1.807, 2.05) is 6.08 Å². The number of hydrogen-bond acceptors (Lipinski definition) is 6. The van der Waals surface area contributed by atoms with E-state index in [2.05, 4.69) is 63.3 Å². The summed E-state index contributed by atoms with van der Waals surface area (Å²) in [6.45, 7) is 6.53. The van der Waals surface area contributed by atoms with E-state index in [0.717, 1.165) is 57.8 Å². The van der Waals surface area contributed by atoms with Crippen LogP contribution in [0, 0.1) is 0 Å². The molecule has 0 saturated carbocycles. The van der Waals surface area contributed by atoms with Crippen LogP contribution in [0.3, 0.4) is 0 Å². The molecule has 6 nitrogen and oxygen atoms in total. The van der Waals surface area contributed by atoms with Gasteiger partial charge in [-0.15, -0.1) is 0 Å². The molecule has 0 aromatic rings. The van der Waals surface area contributed by atoms with Crippen LogP contribution >= 0.6 is 0 Å². The molecule has 0 bridgehead atoms. The Labute approximate surface area is 358 Å². The lowest BCUT2D eigenvalue weighted by Gasteiger charge is -2.18. The van der Waals surface area contributed by atoms with E-state index >= 15 is 0 Å². The number of rotatable bonds is 44. The van der Waals surface area contributed by atoms with Gasteiger partial charge >= 0.3 is 17.9 Å². The molecule has 0 radical (unpaired) electrons. The zero-order valence-electron chi connectivity index (χ0n) is 38.3. The Morgan fingerprint density at radius 1 is 0.345 bits per heavy atom. The molecule has 0 spiro atoms. The molecule has 336 valence electrons. The van der Waals surface area contributed by atoms with Crippen LogP contribution < -0.4 is 0 Å². The highest BCUT2D eigenvalue weighted by Gasteiger charge is 2.19. The van der Waals surface area contributed by atoms with Gasteiger partial charge in [-0.25, -0.2) is 0 Å². The van der Waals surface area contributed by atoms with Crippen LogP contribution in [-0.4, -0.2) is 37.2 Å². The van der Waals surface area contributed by atoms with Gasteiger partial charge in [0, 0.05) is 19.3 Å². The predicted molar refractivity (Wildman–Crippen MR) is 247 cm³/mol. The highest BCUT2D eigenvalue weighted by Crippen LogP contribution is 2.13. The van der Waals surface area contributed by atoms with Crippen LogP contribution in [0.25, 0.3) is 0 Å². The first-order valence-electron chi connectivity index (χ1n) is 24.6. The fourth-order valence-corrected chi connectivity index (χ4v) is 6.78. The molecule has 1 unspecified atom stereocenters. The average Bonchev–Trinajstić information content (AvgIpc) is 3.22. The van der Waals surface area contributed by atoms with Crippen molar-refractivity contribution >= 4 is 17.9 Å². The van der Waals surface area contributed by atoms with Crippen LogP contribution in [0.15, 0.2) is 48.6 Å². The third-order valence-electron chi connectivity index (χ3n) is 10.5. The van der Waals surface area contributed by atoms with Crippen LogP contribution in [0.4, 0.5) is 0 Å². The zero-order chi connectivity index (χ0) is 42.3. The van der Waals surface area contributed by atoms with Crippen molar-refractivity contribution in [2.75, 3.05) is 13.2 Å². The van der Waals surface area contributed by atoms with Crippen molar-refractivity contribution in [3.05, 3.63) is 48.6 Å². The molecule has 1 atom stereocenters. The number of allylic oxidation sites excluding steroid dienone is 8. The Morgan fingerprint density at radius 3 is 1.09 bits per heavy atom. The molecule has 0 N–H and O–H groups in total. The monoisotopic (exact) mass is 813 g/mol.